The van der Waals surface area contributed by atoms with Crippen LogP contribution in [0.1, 0.15) is 5.56 Å². The maximum atomic E-state index is 11.2. The van der Waals surface area contributed by atoms with Crippen LogP contribution < -0.4 is 11.3 Å². The Labute approximate surface area is 81.0 Å². The van der Waals surface area contributed by atoms with Crippen LogP contribution in [0.4, 0.5) is 0 Å². The second kappa shape index (κ2) is 4.56. The molecule has 3 N–H and O–H groups in total. The molecule has 0 saturated carbocycles. The number of hydrogen-bond acceptors (Lipinski definition) is 4. The Morgan fingerprint density at radius 1 is 1.64 bits per heavy atom. The van der Waals surface area contributed by atoms with Crippen molar-refractivity contribution in [2.24, 2.45) is 5.73 Å². The molecule has 0 spiro atoms. The Balaban J connectivity index is 2.96. The zero-order valence-corrected chi connectivity index (χ0v) is 7.55. The van der Waals surface area contributed by atoms with Crippen LogP contribution in [-0.4, -0.2) is 22.3 Å². The van der Waals surface area contributed by atoms with E-state index in [-0.39, 0.29) is 18.6 Å². The van der Waals surface area contributed by atoms with Gasteiger partial charge in [0.2, 0.25) is 0 Å². The van der Waals surface area contributed by atoms with Gasteiger partial charge in [0.15, 0.2) is 0 Å². The quantitative estimate of drug-likeness (QED) is 0.646. The van der Waals surface area contributed by atoms with Crippen LogP contribution in [0.15, 0.2) is 23.1 Å². The number of nitrogens with zero attached hydrogens (tertiary/aromatic N) is 2. The largest absolute Gasteiger partial charge is 0.390 e. The summed E-state index contributed by atoms with van der Waals surface area (Å²) in [5.74, 6) is 0. The first-order chi connectivity index (χ1) is 6.67. The lowest BCUT2D eigenvalue weighted by atomic mass is 10.3. The minimum absolute atomic E-state index is 0.0865. The number of aliphatic hydroxyl groups excluding tert-OH is 1. The van der Waals surface area contributed by atoms with E-state index in [0.29, 0.717) is 5.56 Å². The number of pyridine rings is 1. The summed E-state index contributed by atoms with van der Waals surface area (Å²) < 4.78 is 1.27. The molecular weight excluding hydrogens is 182 g/mol. The molecule has 14 heavy (non-hydrogen) atoms. The standard InChI is InChI=1S/C9H11N3O2/c10-3-7-1-2-9(14)12(5-7)6-8(13)4-11/h1-2,5,8,13H,4,6,11H2. The van der Waals surface area contributed by atoms with E-state index in [9.17, 15) is 9.90 Å². The highest BCUT2D eigenvalue weighted by molar-refractivity contribution is 5.24. The summed E-state index contributed by atoms with van der Waals surface area (Å²) in [6.45, 7) is 0.202. The maximum Gasteiger partial charge on any atom is 0.250 e. The predicted molar refractivity (Wildman–Crippen MR) is 50.5 cm³/mol. The molecule has 0 aliphatic heterocycles. The molecule has 0 fully saturated rings. The first-order valence-corrected chi connectivity index (χ1v) is 4.16. The third kappa shape index (κ3) is 2.42. The zero-order chi connectivity index (χ0) is 10.6. The normalized spacial score (nSPS) is 12.1. The Morgan fingerprint density at radius 2 is 2.36 bits per heavy atom. The number of nitrogens with two attached hydrogens (primary N) is 1. The number of nitriles is 1. The van der Waals surface area contributed by atoms with Crippen LogP contribution in [0.2, 0.25) is 0 Å². The van der Waals surface area contributed by atoms with Gasteiger partial charge in [0.05, 0.1) is 18.2 Å². The minimum atomic E-state index is -0.762. The van der Waals surface area contributed by atoms with Gasteiger partial charge in [-0.15, -0.1) is 0 Å². The summed E-state index contributed by atoms with van der Waals surface area (Å²) >= 11 is 0. The Bertz CT molecular complexity index is 405. The highest BCUT2D eigenvalue weighted by atomic mass is 16.3. The van der Waals surface area contributed by atoms with Gasteiger partial charge >= 0.3 is 0 Å². The highest BCUT2D eigenvalue weighted by Crippen LogP contribution is 1.94. The summed E-state index contributed by atoms with van der Waals surface area (Å²) in [4.78, 5) is 11.2. The molecule has 0 saturated heterocycles. The summed E-state index contributed by atoms with van der Waals surface area (Å²) in [7, 11) is 0. The SMILES string of the molecule is N#Cc1ccc(=O)n(CC(O)CN)c1. The van der Waals surface area contributed by atoms with Gasteiger partial charge in [-0.05, 0) is 6.07 Å². The van der Waals surface area contributed by atoms with Gasteiger partial charge < -0.3 is 15.4 Å². The molecule has 0 aliphatic carbocycles. The van der Waals surface area contributed by atoms with Gasteiger partial charge in [-0.2, -0.15) is 5.26 Å². The van der Waals surface area contributed by atoms with Crippen LogP contribution >= 0.6 is 0 Å². The number of rotatable bonds is 3. The number of aliphatic hydroxyl groups is 1. The first-order valence-electron chi connectivity index (χ1n) is 4.16. The van der Waals surface area contributed by atoms with Crippen molar-refractivity contribution in [3.8, 4) is 6.07 Å². The van der Waals surface area contributed by atoms with E-state index < -0.39 is 6.10 Å². The molecule has 1 aromatic rings. The monoisotopic (exact) mass is 193 g/mol. The second-order valence-corrected chi connectivity index (χ2v) is 2.91. The van der Waals surface area contributed by atoms with Gasteiger partial charge in [-0.25, -0.2) is 0 Å². The summed E-state index contributed by atoms with van der Waals surface area (Å²) in [5.41, 5.74) is 5.34. The molecule has 0 aliphatic rings. The van der Waals surface area contributed by atoms with Gasteiger partial charge in [-0.1, -0.05) is 0 Å². The van der Waals surface area contributed by atoms with Crippen LogP contribution in [-0.2, 0) is 6.54 Å². The van der Waals surface area contributed by atoms with Crippen molar-refractivity contribution in [2.45, 2.75) is 12.6 Å². The van der Waals surface area contributed by atoms with Gasteiger partial charge in [0.25, 0.3) is 5.56 Å². The van der Waals surface area contributed by atoms with E-state index in [2.05, 4.69) is 0 Å². The number of aromatic nitrogens is 1. The van der Waals surface area contributed by atoms with Gasteiger partial charge in [0, 0.05) is 18.8 Å². The summed E-state index contributed by atoms with van der Waals surface area (Å²) in [6.07, 6.45) is 0.642. The minimum Gasteiger partial charge on any atom is -0.390 e. The van der Waals surface area contributed by atoms with Crippen molar-refractivity contribution in [2.75, 3.05) is 6.54 Å². The van der Waals surface area contributed by atoms with E-state index in [1.165, 1.54) is 22.9 Å². The van der Waals surface area contributed by atoms with Crippen molar-refractivity contribution in [1.29, 1.82) is 5.26 Å². The molecule has 0 radical (unpaired) electrons. The fourth-order valence-electron chi connectivity index (χ4n) is 1.04. The van der Waals surface area contributed by atoms with E-state index in [1.807, 2.05) is 6.07 Å². The average Bonchev–Trinajstić information content (AvgIpc) is 2.21. The fourth-order valence-corrected chi connectivity index (χ4v) is 1.04. The molecule has 74 valence electrons. The van der Waals surface area contributed by atoms with E-state index in [0.717, 1.165) is 0 Å². The van der Waals surface area contributed by atoms with Crippen molar-refractivity contribution >= 4 is 0 Å². The van der Waals surface area contributed by atoms with Crippen molar-refractivity contribution < 1.29 is 5.11 Å². The molecule has 1 rings (SSSR count). The Morgan fingerprint density at radius 3 is 2.93 bits per heavy atom. The smallest absolute Gasteiger partial charge is 0.250 e. The first kappa shape index (κ1) is 10.4. The Kier molecular flexibility index (Phi) is 3.40. The third-order valence-corrected chi connectivity index (χ3v) is 1.79. The molecule has 1 aromatic heterocycles. The molecule has 1 unspecified atom stereocenters. The molecule has 0 bridgehead atoms. The molecular formula is C9H11N3O2. The lowest BCUT2D eigenvalue weighted by molar-refractivity contribution is 0.160. The second-order valence-electron chi connectivity index (χ2n) is 2.91. The molecule has 1 atom stereocenters. The van der Waals surface area contributed by atoms with Crippen molar-refractivity contribution in [3.05, 3.63) is 34.2 Å². The predicted octanol–water partition coefficient (Wildman–Crippen LogP) is -0.960. The maximum absolute atomic E-state index is 11.2. The van der Waals surface area contributed by atoms with Gasteiger partial charge in [-0.3, -0.25) is 4.79 Å². The van der Waals surface area contributed by atoms with Crippen molar-refractivity contribution in [3.63, 3.8) is 0 Å². The molecule has 0 aromatic carbocycles. The van der Waals surface area contributed by atoms with Crippen LogP contribution in [0.3, 0.4) is 0 Å². The third-order valence-electron chi connectivity index (χ3n) is 1.79. The lowest BCUT2D eigenvalue weighted by Gasteiger charge is -2.09. The van der Waals surface area contributed by atoms with E-state index >= 15 is 0 Å². The van der Waals surface area contributed by atoms with E-state index in [4.69, 9.17) is 11.0 Å². The highest BCUT2D eigenvalue weighted by Gasteiger charge is 2.04. The van der Waals surface area contributed by atoms with Gasteiger partial charge in [0.1, 0.15) is 6.07 Å². The fraction of sp³-hybridized carbons (Fsp3) is 0.333. The average molecular weight is 193 g/mol. The van der Waals surface area contributed by atoms with E-state index in [1.54, 1.807) is 0 Å². The molecule has 5 heteroatoms. The summed E-state index contributed by atoms with van der Waals surface area (Å²) in [6, 6.07) is 4.64. The van der Waals surface area contributed by atoms with Crippen LogP contribution in [0.5, 0.6) is 0 Å². The van der Waals surface area contributed by atoms with Crippen LogP contribution in [0.25, 0.3) is 0 Å². The molecule has 0 amide bonds. The van der Waals surface area contributed by atoms with Crippen LogP contribution in [0, 0.1) is 11.3 Å². The summed E-state index contributed by atoms with van der Waals surface area (Å²) in [5, 5.41) is 17.8. The molecule has 1 heterocycles. The van der Waals surface area contributed by atoms with Crippen molar-refractivity contribution in [1.82, 2.24) is 4.57 Å². The Hall–Kier alpha value is -1.64. The lowest BCUT2D eigenvalue weighted by Crippen LogP contribution is -2.30. The topological polar surface area (TPSA) is 92.0 Å². The zero-order valence-electron chi connectivity index (χ0n) is 7.55. The number of hydrogen-bond donors (Lipinski definition) is 2. The molecule has 5 nitrogen and oxygen atoms in total.